The van der Waals surface area contributed by atoms with E-state index >= 15 is 0 Å². The van der Waals surface area contributed by atoms with Gasteiger partial charge in [-0.15, -0.1) is 11.3 Å². The van der Waals surface area contributed by atoms with E-state index in [-0.39, 0.29) is 6.04 Å². The molecule has 1 aliphatic heterocycles. The number of hydrogen-bond donors (Lipinski definition) is 0. The van der Waals surface area contributed by atoms with Crippen LogP contribution in [0.3, 0.4) is 0 Å². The summed E-state index contributed by atoms with van der Waals surface area (Å²) >= 11 is 1.87. The summed E-state index contributed by atoms with van der Waals surface area (Å²) in [5.41, 5.74) is 8.15. The van der Waals surface area contributed by atoms with Gasteiger partial charge in [-0.25, -0.2) is 4.99 Å². The molecule has 0 aliphatic carbocycles. The third-order valence-corrected chi connectivity index (χ3v) is 11.9. The Kier molecular flexibility index (Phi) is 6.36. The summed E-state index contributed by atoms with van der Waals surface area (Å²) in [6.45, 7) is 0. The second kappa shape index (κ2) is 11.3. The Morgan fingerprint density at radius 1 is 0.481 bits per heavy atom. The van der Waals surface area contributed by atoms with Crippen molar-refractivity contribution in [1.29, 1.82) is 0 Å². The van der Waals surface area contributed by atoms with Gasteiger partial charge in [-0.05, 0) is 60.2 Å². The second-order valence-electron chi connectivity index (χ2n) is 13.7. The quantitative estimate of drug-likeness (QED) is 0.181. The van der Waals surface area contributed by atoms with Crippen LogP contribution >= 0.6 is 11.3 Å². The van der Waals surface area contributed by atoms with E-state index in [1.807, 2.05) is 11.3 Å². The molecule has 0 spiro atoms. The fourth-order valence-electron chi connectivity index (χ4n) is 8.36. The maximum atomic E-state index is 5.48. The van der Waals surface area contributed by atoms with Gasteiger partial charge in [0.05, 0.1) is 28.1 Å². The number of fused-ring (bicyclic) bond motifs is 9. The smallest absolute Gasteiger partial charge is 0.138 e. The summed E-state index contributed by atoms with van der Waals surface area (Å²) < 4.78 is 7.46. The molecule has 0 amide bonds. The van der Waals surface area contributed by atoms with Crippen molar-refractivity contribution in [2.24, 2.45) is 4.99 Å². The van der Waals surface area contributed by atoms with Gasteiger partial charge in [0.2, 0.25) is 0 Å². The van der Waals surface area contributed by atoms with Crippen LogP contribution in [0.4, 0.5) is 0 Å². The van der Waals surface area contributed by atoms with Gasteiger partial charge >= 0.3 is 0 Å². The second-order valence-corrected chi connectivity index (χ2v) is 14.8. The molecule has 4 heterocycles. The number of likely N-dealkylation sites (N-methyl/N-ethyl adjacent to an activating group) is 1. The molecule has 11 rings (SSSR count). The molecule has 0 radical (unpaired) electrons. The van der Waals surface area contributed by atoms with Gasteiger partial charge in [-0.3, -0.25) is 4.57 Å². The molecule has 52 heavy (non-hydrogen) atoms. The highest BCUT2D eigenvalue weighted by molar-refractivity contribution is 7.25. The van der Waals surface area contributed by atoms with E-state index in [1.165, 1.54) is 58.3 Å². The van der Waals surface area contributed by atoms with Crippen LogP contribution in [0.1, 0.15) is 17.2 Å². The Balaban J connectivity index is 1.25. The van der Waals surface area contributed by atoms with E-state index in [4.69, 9.17) is 4.99 Å². The van der Waals surface area contributed by atoms with Crippen LogP contribution in [-0.4, -0.2) is 26.9 Å². The first kappa shape index (κ1) is 29.3. The SMILES string of the molecule is CN1C(c2ccccc2)=NC(n2c3ccccc3c3cc4c5cc6c(cc5n(-c5ccccc5)c4cc32)sc2ccccc26)=CC1c1ccccc1. The zero-order valence-corrected chi connectivity index (χ0v) is 29.3. The van der Waals surface area contributed by atoms with Crippen LogP contribution in [0.5, 0.6) is 0 Å². The number of rotatable bonds is 4. The number of amidine groups is 1. The van der Waals surface area contributed by atoms with Crippen molar-refractivity contribution in [3.63, 3.8) is 0 Å². The summed E-state index contributed by atoms with van der Waals surface area (Å²) in [6.07, 6.45) is 2.32. The number of para-hydroxylation sites is 2. The summed E-state index contributed by atoms with van der Waals surface area (Å²) in [6, 6.07) is 59.3. The average Bonchev–Trinajstić information content (AvgIpc) is 3.84. The highest BCUT2D eigenvalue weighted by Crippen LogP contribution is 2.44. The molecule has 10 aromatic rings. The molecule has 246 valence electrons. The van der Waals surface area contributed by atoms with Crippen LogP contribution in [0, 0.1) is 0 Å². The van der Waals surface area contributed by atoms with Gasteiger partial charge in [-0.2, -0.15) is 0 Å². The minimum absolute atomic E-state index is 0.00220. The number of aliphatic imine (C=N–C) groups is 1. The van der Waals surface area contributed by atoms with Crippen molar-refractivity contribution in [2.45, 2.75) is 6.04 Å². The normalized spacial score (nSPS) is 15.0. The predicted molar refractivity (Wildman–Crippen MR) is 221 cm³/mol. The first-order chi connectivity index (χ1) is 25.7. The largest absolute Gasteiger partial charge is 0.348 e. The molecule has 1 atom stereocenters. The van der Waals surface area contributed by atoms with E-state index in [0.717, 1.165) is 33.9 Å². The molecule has 5 heteroatoms. The minimum atomic E-state index is 0.00220. The predicted octanol–water partition coefficient (Wildman–Crippen LogP) is 12.2. The first-order valence-corrected chi connectivity index (χ1v) is 18.5. The number of aromatic nitrogens is 2. The standard InChI is InChI=1S/C47H32N4S/c1-49-40(30-15-5-2-6-16-30)29-46(48-47(49)31-17-7-3-8-18-31)51-39-23-13-11-21-33(39)35-25-36-37-26-38-34-22-12-14-24-44(34)52-45(38)28-43(37)50(41(36)27-42(35)51)32-19-9-4-10-20-32/h2-29,40H,1H3. The van der Waals surface area contributed by atoms with Crippen molar-refractivity contribution < 1.29 is 0 Å². The lowest BCUT2D eigenvalue weighted by Gasteiger charge is -2.33. The van der Waals surface area contributed by atoms with Crippen LogP contribution < -0.4 is 0 Å². The zero-order valence-electron chi connectivity index (χ0n) is 28.4. The van der Waals surface area contributed by atoms with Crippen LogP contribution in [0.2, 0.25) is 0 Å². The average molecular weight is 685 g/mol. The van der Waals surface area contributed by atoms with E-state index in [1.54, 1.807) is 0 Å². The Labute approximate surface area is 304 Å². The monoisotopic (exact) mass is 684 g/mol. The third kappa shape index (κ3) is 4.30. The molecule has 0 saturated carbocycles. The molecule has 0 bridgehead atoms. The van der Waals surface area contributed by atoms with Crippen molar-refractivity contribution in [1.82, 2.24) is 14.0 Å². The number of thiophene rings is 1. The number of hydrogen-bond acceptors (Lipinski definition) is 3. The van der Waals surface area contributed by atoms with Crippen molar-refractivity contribution >= 4 is 86.8 Å². The van der Waals surface area contributed by atoms with Gasteiger partial charge in [0.1, 0.15) is 11.7 Å². The fraction of sp³-hybridized carbons (Fsp3) is 0.0426. The molecular formula is C47H32N4S. The molecule has 1 aliphatic rings. The fourth-order valence-corrected chi connectivity index (χ4v) is 9.48. The topological polar surface area (TPSA) is 25.5 Å². The number of benzene rings is 7. The highest BCUT2D eigenvalue weighted by Gasteiger charge is 2.27. The maximum absolute atomic E-state index is 5.48. The van der Waals surface area contributed by atoms with E-state index < -0.39 is 0 Å². The molecule has 0 saturated heterocycles. The van der Waals surface area contributed by atoms with Crippen LogP contribution in [-0.2, 0) is 0 Å². The molecular weight excluding hydrogens is 653 g/mol. The first-order valence-electron chi connectivity index (χ1n) is 17.7. The van der Waals surface area contributed by atoms with Gasteiger partial charge in [0, 0.05) is 60.0 Å². The molecule has 1 unspecified atom stereocenters. The van der Waals surface area contributed by atoms with E-state index in [0.29, 0.717) is 0 Å². The Morgan fingerprint density at radius 2 is 1.08 bits per heavy atom. The van der Waals surface area contributed by atoms with Gasteiger partial charge in [0.15, 0.2) is 0 Å². The molecule has 7 aromatic carbocycles. The third-order valence-electron chi connectivity index (χ3n) is 10.8. The van der Waals surface area contributed by atoms with Crippen LogP contribution in [0.15, 0.2) is 175 Å². The van der Waals surface area contributed by atoms with E-state index in [2.05, 4.69) is 191 Å². The summed E-state index contributed by atoms with van der Waals surface area (Å²) in [5, 5.41) is 7.58. The maximum Gasteiger partial charge on any atom is 0.138 e. The van der Waals surface area contributed by atoms with Gasteiger partial charge < -0.3 is 9.47 Å². The lowest BCUT2D eigenvalue weighted by Crippen LogP contribution is -2.34. The van der Waals surface area contributed by atoms with Crippen LogP contribution in [0.25, 0.3) is 75.3 Å². The molecule has 4 nitrogen and oxygen atoms in total. The van der Waals surface area contributed by atoms with Gasteiger partial charge in [0.25, 0.3) is 0 Å². The highest BCUT2D eigenvalue weighted by atomic mass is 32.1. The Morgan fingerprint density at radius 3 is 1.87 bits per heavy atom. The molecule has 0 N–H and O–H groups in total. The molecule has 0 fully saturated rings. The lowest BCUT2D eigenvalue weighted by atomic mass is 10.0. The summed E-state index contributed by atoms with van der Waals surface area (Å²) in [4.78, 5) is 7.77. The van der Waals surface area contributed by atoms with Gasteiger partial charge in [-0.1, -0.05) is 115 Å². The van der Waals surface area contributed by atoms with Crippen molar-refractivity contribution in [3.05, 3.63) is 181 Å². The van der Waals surface area contributed by atoms with Crippen molar-refractivity contribution in [3.8, 4) is 5.69 Å². The molecule has 3 aromatic heterocycles. The minimum Gasteiger partial charge on any atom is -0.348 e. The Bertz CT molecular complexity index is 3070. The number of nitrogens with zero attached hydrogens (tertiary/aromatic N) is 4. The zero-order chi connectivity index (χ0) is 34.3. The summed E-state index contributed by atoms with van der Waals surface area (Å²) in [7, 11) is 2.15. The Hall–Kier alpha value is -6.43. The van der Waals surface area contributed by atoms with Crippen molar-refractivity contribution in [2.75, 3.05) is 7.05 Å². The van der Waals surface area contributed by atoms with E-state index in [9.17, 15) is 0 Å². The lowest BCUT2D eigenvalue weighted by molar-refractivity contribution is 0.433. The summed E-state index contributed by atoms with van der Waals surface area (Å²) in [5.74, 6) is 1.87.